The number of carbonyl (C=O) groups excluding carboxylic acids is 1. The first kappa shape index (κ1) is 20.1. The molecule has 2 aromatic carbocycles. The van der Waals surface area contributed by atoms with Gasteiger partial charge in [-0.2, -0.15) is 5.10 Å². The second kappa shape index (κ2) is 9.02. The zero-order valence-corrected chi connectivity index (χ0v) is 16.5. The molecule has 6 heteroatoms. The first-order valence-electron chi connectivity index (χ1n) is 9.44. The number of hydrogen-bond acceptors (Lipinski definition) is 3. The first-order chi connectivity index (χ1) is 13.5. The lowest BCUT2D eigenvalue weighted by Crippen LogP contribution is -2.27. The van der Waals surface area contributed by atoms with Crippen LogP contribution >= 0.6 is 11.6 Å². The van der Waals surface area contributed by atoms with Crippen LogP contribution in [0.4, 0.5) is 0 Å². The Labute approximate surface area is 169 Å². The van der Waals surface area contributed by atoms with E-state index in [9.17, 15) is 9.59 Å². The molecule has 0 bridgehead atoms. The maximum Gasteiger partial charge on any atom is 0.303 e. The molecule has 5 nitrogen and oxygen atoms in total. The van der Waals surface area contributed by atoms with Crippen LogP contribution in [0.25, 0.3) is 0 Å². The monoisotopic (exact) mass is 398 g/mol. The summed E-state index contributed by atoms with van der Waals surface area (Å²) in [6.07, 6.45) is 1.92. The van der Waals surface area contributed by atoms with Crippen molar-refractivity contribution >= 4 is 29.2 Å². The Morgan fingerprint density at radius 1 is 1.14 bits per heavy atom. The number of carbonyl (C=O) groups is 2. The highest BCUT2D eigenvalue weighted by Crippen LogP contribution is 2.36. The molecule has 0 aromatic heterocycles. The third kappa shape index (κ3) is 4.60. The van der Waals surface area contributed by atoms with Crippen molar-refractivity contribution in [3.8, 4) is 0 Å². The molecule has 0 spiro atoms. The highest BCUT2D eigenvalue weighted by molar-refractivity contribution is 6.31. The largest absolute Gasteiger partial charge is 0.481 e. The maximum absolute atomic E-state index is 12.8. The van der Waals surface area contributed by atoms with E-state index in [1.54, 1.807) is 6.07 Å². The molecule has 1 heterocycles. The predicted molar refractivity (Wildman–Crippen MR) is 109 cm³/mol. The second-order valence-electron chi connectivity index (χ2n) is 6.82. The van der Waals surface area contributed by atoms with Crippen molar-refractivity contribution in [2.24, 2.45) is 5.10 Å². The van der Waals surface area contributed by atoms with Gasteiger partial charge in [-0.15, -0.1) is 0 Å². The van der Waals surface area contributed by atoms with E-state index in [-0.39, 0.29) is 31.2 Å². The molecule has 1 aliphatic heterocycles. The Bertz CT molecular complexity index is 893. The Kier molecular flexibility index (Phi) is 6.47. The highest BCUT2D eigenvalue weighted by atomic mass is 35.5. The average Bonchev–Trinajstić information content (AvgIpc) is 3.13. The van der Waals surface area contributed by atoms with Crippen molar-refractivity contribution in [1.29, 1.82) is 0 Å². The van der Waals surface area contributed by atoms with Gasteiger partial charge in [0, 0.05) is 24.3 Å². The van der Waals surface area contributed by atoms with Gasteiger partial charge in [-0.3, -0.25) is 9.59 Å². The molecule has 3 rings (SSSR count). The smallest absolute Gasteiger partial charge is 0.303 e. The fourth-order valence-corrected chi connectivity index (χ4v) is 3.60. The summed E-state index contributed by atoms with van der Waals surface area (Å²) in [5.74, 6) is -1.09. The van der Waals surface area contributed by atoms with Crippen molar-refractivity contribution in [3.63, 3.8) is 0 Å². The number of aryl methyl sites for hydroxylation is 1. The maximum atomic E-state index is 12.8. The molecule has 2 aromatic rings. The van der Waals surface area contributed by atoms with Crippen LogP contribution in [0, 0.1) is 0 Å². The van der Waals surface area contributed by atoms with E-state index in [2.05, 4.69) is 24.2 Å². The van der Waals surface area contributed by atoms with Crippen molar-refractivity contribution in [1.82, 2.24) is 5.01 Å². The molecule has 0 radical (unpaired) electrons. The minimum absolute atomic E-state index is 0.0363. The topological polar surface area (TPSA) is 70.0 Å². The van der Waals surface area contributed by atoms with Gasteiger partial charge >= 0.3 is 5.97 Å². The van der Waals surface area contributed by atoms with Crippen molar-refractivity contribution in [2.75, 3.05) is 0 Å². The Hall–Kier alpha value is -2.66. The molecule has 1 aliphatic rings. The van der Waals surface area contributed by atoms with Gasteiger partial charge in [-0.1, -0.05) is 61.0 Å². The van der Waals surface area contributed by atoms with Gasteiger partial charge in [-0.05, 0) is 35.6 Å². The van der Waals surface area contributed by atoms with Gasteiger partial charge < -0.3 is 5.11 Å². The van der Waals surface area contributed by atoms with Crippen LogP contribution in [0.5, 0.6) is 0 Å². The van der Waals surface area contributed by atoms with Crippen LogP contribution in [0.15, 0.2) is 53.6 Å². The molecular weight excluding hydrogens is 376 g/mol. The molecule has 0 fully saturated rings. The number of aliphatic carboxylic acids is 1. The lowest BCUT2D eigenvalue weighted by molar-refractivity contribution is -0.137. The second-order valence-corrected chi connectivity index (χ2v) is 7.23. The molecule has 1 N–H and O–H groups in total. The van der Waals surface area contributed by atoms with Gasteiger partial charge in [0.2, 0.25) is 5.91 Å². The van der Waals surface area contributed by atoms with Gasteiger partial charge in [0.15, 0.2) is 0 Å². The normalized spacial score (nSPS) is 16.1. The molecule has 0 saturated carbocycles. The van der Waals surface area contributed by atoms with Crippen LogP contribution in [-0.2, 0) is 16.0 Å². The van der Waals surface area contributed by atoms with Gasteiger partial charge in [0.25, 0.3) is 0 Å². The van der Waals surface area contributed by atoms with Crippen molar-refractivity contribution in [3.05, 3.63) is 70.2 Å². The minimum atomic E-state index is -0.905. The third-order valence-corrected chi connectivity index (χ3v) is 5.25. The van der Waals surface area contributed by atoms with E-state index in [4.69, 9.17) is 16.7 Å². The number of hydrogen-bond donors (Lipinski definition) is 1. The van der Waals surface area contributed by atoms with Gasteiger partial charge in [0.05, 0.1) is 11.8 Å². The summed E-state index contributed by atoms with van der Waals surface area (Å²) in [6, 6.07) is 15.4. The quantitative estimate of drug-likeness (QED) is 0.725. The summed E-state index contributed by atoms with van der Waals surface area (Å²) >= 11 is 6.39. The van der Waals surface area contributed by atoms with Crippen LogP contribution < -0.4 is 0 Å². The van der Waals surface area contributed by atoms with E-state index in [0.717, 1.165) is 23.3 Å². The number of hydrazone groups is 1. The van der Waals surface area contributed by atoms with Gasteiger partial charge in [0.1, 0.15) is 0 Å². The molecule has 1 atom stereocenters. The molecule has 0 aliphatic carbocycles. The van der Waals surface area contributed by atoms with Crippen molar-refractivity contribution < 1.29 is 14.7 Å². The number of halogens is 1. The predicted octanol–water partition coefficient (Wildman–Crippen LogP) is 4.84. The average molecular weight is 399 g/mol. The Balaban J connectivity index is 1.87. The standard InChI is InChI=1S/C22H23ClN2O3/c1-2-15-10-12-16(13-11-15)19-14-20(17-6-3-4-7-18(17)23)25(24-19)21(26)8-5-9-22(27)28/h3-4,6-7,10-13,20H,2,5,8-9,14H2,1H3,(H,27,28). The zero-order chi connectivity index (χ0) is 20.1. The van der Waals surface area contributed by atoms with Crippen LogP contribution in [0.1, 0.15) is 55.3 Å². The SMILES string of the molecule is CCc1ccc(C2=NN(C(=O)CCCC(=O)O)C(c3ccccc3Cl)C2)cc1. The minimum Gasteiger partial charge on any atom is -0.481 e. The summed E-state index contributed by atoms with van der Waals surface area (Å²) in [6.45, 7) is 2.10. The summed E-state index contributed by atoms with van der Waals surface area (Å²) in [5.41, 5.74) is 3.90. The Morgan fingerprint density at radius 2 is 1.86 bits per heavy atom. The highest BCUT2D eigenvalue weighted by Gasteiger charge is 2.33. The Morgan fingerprint density at radius 3 is 2.50 bits per heavy atom. The number of rotatable bonds is 7. The molecular formula is C22H23ClN2O3. The number of carboxylic acids is 1. The van der Waals surface area contributed by atoms with E-state index >= 15 is 0 Å². The fraction of sp³-hybridized carbons (Fsp3) is 0.318. The number of nitrogens with zero attached hydrogens (tertiary/aromatic N) is 2. The first-order valence-corrected chi connectivity index (χ1v) is 9.82. The molecule has 0 saturated heterocycles. The van der Waals surface area contributed by atoms with E-state index in [1.165, 1.54) is 10.6 Å². The van der Waals surface area contributed by atoms with E-state index < -0.39 is 5.97 Å². The lowest BCUT2D eigenvalue weighted by atomic mass is 9.97. The van der Waals surface area contributed by atoms with Gasteiger partial charge in [-0.25, -0.2) is 5.01 Å². The number of carboxylic acid groups (broad SMARTS) is 1. The summed E-state index contributed by atoms with van der Waals surface area (Å²) in [7, 11) is 0. The summed E-state index contributed by atoms with van der Waals surface area (Å²) in [4.78, 5) is 23.5. The molecule has 146 valence electrons. The molecule has 28 heavy (non-hydrogen) atoms. The van der Waals surface area contributed by atoms with Crippen LogP contribution in [0.2, 0.25) is 5.02 Å². The summed E-state index contributed by atoms with van der Waals surface area (Å²) < 4.78 is 0. The van der Waals surface area contributed by atoms with Crippen LogP contribution in [-0.4, -0.2) is 27.7 Å². The van der Waals surface area contributed by atoms with Crippen molar-refractivity contribution in [2.45, 2.75) is 45.1 Å². The zero-order valence-electron chi connectivity index (χ0n) is 15.8. The molecule has 1 amide bonds. The van der Waals surface area contributed by atoms with E-state index in [0.29, 0.717) is 11.4 Å². The lowest BCUT2D eigenvalue weighted by Gasteiger charge is -2.22. The van der Waals surface area contributed by atoms with Crippen LogP contribution in [0.3, 0.4) is 0 Å². The number of benzene rings is 2. The van der Waals surface area contributed by atoms with E-state index in [1.807, 2.05) is 30.3 Å². The molecule has 1 unspecified atom stereocenters. The fourth-order valence-electron chi connectivity index (χ4n) is 3.34. The third-order valence-electron chi connectivity index (χ3n) is 4.91. The number of amides is 1. The summed E-state index contributed by atoms with van der Waals surface area (Å²) in [5, 5.41) is 15.5.